The summed E-state index contributed by atoms with van der Waals surface area (Å²) in [5.41, 5.74) is 6.19. The number of hydrogen-bond acceptors (Lipinski definition) is 3. The number of nitrogens with two attached hydrogens (primary N) is 1. The molecule has 4 nitrogen and oxygen atoms in total. The van der Waals surface area contributed by atoms with E-state index in [1.165, 1.54) is 5.56 Å². The Balaban J connectivity index is 2.43. The van der Waals surface area contributed by atoms with Crippen LogP contribution < -0.4 is 11.3 Å². The summed E-state index contributed by atoms with van der Waals surface area (Å²) < 4.78 is 2.76. The standard InChI is InChI=1S/C12H15BrN4/c1-8-3-5-9(6-4-8)11(16-14)12-10(13)7-15-17(12)2/h3-7,11,16H,14H2,1-2H3. The summed E-state index contributed by atoms with van der Waals surface area (Å²) >= 11 is 3.49. The van der Waals surface area contributed by atoms with Crippen LogP contribution in [0.2, 0.25) is 0 Å². The summed E-state index contributed by atoms with van der Waals surface area (Å²) in [5, 5.41) is 4.20. The van der Waals surface area contributed by atoms with Crippen molar-refractivity contribution in [3.05, 3.63) is 51.8 Å². The van der Waals surface area contributed by atoms with Gasteiger partial charge in [-0.1, -0.05) is 29.8 Å². The van der Waals surface area contributed by atoms with Crippen LogP contribution in [0.5, 0.6) is 0 Å². The first-order valence-corrected chi connectivity index (χ1v) is 6.13. The van der Waals surface area contributed by atoms with E-state index < -0.39 is 0 Å². The highest BCUT2D eigenvalue weighted by Crippen LogP contribution is 2.27. The number of nitrogens with zero attached hydrogens (tertiary/aromatic N) is 2. The van der Waals surface area contributed by atoms with Gasteiger partial charge >= 0.3 is 0 Å². The Morgan fingerprint density at radius 2 is 2.00 bits per heavy atom. The van der Waals surface area contributed by atoms with Crippen LogP contribution in [0.25, 0.3) is 0 Å². The van der Waals surface area contributed by atoms with E-state index in [-0.39, 0.29) is 6.04 Å². The topological polar surface area (TPSA) is 55.9 Å². The summed E-state index contributed by atoms with van der Waals surface area (Å²) in [6, 6.07) is 8.21. The molecule has 2 rings (SSSR count). The van der Waals surface area contributed by atoms with E-state index in [1.807, 2.05) is 11.7 Å². The number of nitrogens with one attached hydrogen (secondary N) is 1. The van der Waals surface area contributed by atoms with Crippen molar-refractivity contribution in [1.29, 1.82) is 0 Å². The predicted molar refractivity (Wildman–Crippen MR) is 71.3 cm³/mol. The molecule has 1 atom stereocenters. The van der Waals surface area contributed by atoms with Gasteiger partial charge in [0.15, 0.2) is 0 Å². The Kier molecular flexibility index (Phi) is 3.61. The second-order valence-electron chi connectivity index (χ2n) is 4.01. The van der Waals surface area contributed by atoms with Crippen LogP contribution in [0.15, 0.2) is 34.9 Å². The Labute approximate surface area is 109 Å². The van der Waals surface area contributed by atoms with Crippen LogP contribution in [0.1, 0.15) is 22.9 Å². The second-order valence-corrected chi connectivity index (χ2v) is 4.87. The molecule has 1 unspecified atom stereocenters. The molecule has 1 aromatic carbocycles. The summed E-state index contributed by atoms with van der Waals surface area (Å²) in [4.78, 5) is 0. The molecule has 1 aromatic heterocycles. The molecule has 0 aliphatic heterocycles. The molecule has 0 saturated carbocycles. The Morgan fingerprint density at radius 1 is 1.35 bits per heavy atom. The Bertz CT molecular complexity index is 484. The molecule has 1 heterocycles. The number of rotatable bonds is 3. The number of aryl methyl sites for hydroxylation is 2. The fourth-order valence-electron chi connectivity index (χ4n) is 1.84. The van der Waals surface area contributed by atoms with Crippen LogP contribution in [-0.4, -0.2) is 9.78 Å². The number of hydrogen-bond donors (Lipinski definition) is 2. The first-order chi connectivity index (χ1) is 8.13. The van der Waals surface area contributed by atoms with Crippen LogP contribution in [0.3, 0.4) is 0 Å². The van der Waals surface area contributed by atoms with Crippen LogP contribution in [-0.2, 0) is 7.05 Å². The minimum absolute atomic E-state index is 0.0718. The van der Waals surface area contributed by atoms with E-state index in [9.17, 15) is 0 Å². The van der Waals surface area contributed by atoms with Gasteiger partial charge in [-0.15, -0.1) is 0 Å². The number of benzene rings is 1. The molecular formula is C12H15BrN4. The third-order valence-electron chi connectivity index (χ3n) is 2.79. The minimum atomic E-state index is -0.0718. The van der Waals surface area contributed by atoms with Gasteiger partial charge in [-0.05, 0) is 28.4 Å². The zero-order valence-corrected chi connectivity index (χ0v) is 11.4. The van der Waals surface area contributed by atoms with Crippen molar-refractivity contribution in [2.75, 3.05) is 0 Å². The van der Waals surface area contributed by atoms with Crippen molar-refractivity contribution < 1.29 is 0 Å². The van der Waals surface area contributed by atoms with E-state index in [1.54, 1.807) is 6.20 Å². The van der Waals surface area contributed by atoms with E-state index in [2.05, 4.69) is 57.6 Å². The molecule has 0 aliphatic carbocycles. The average Bonchev–Trinajstić information content (AvgIpc) is 2.64. The normalized spacial score (nSPS) is 12.7. The van der Waals surface area contributed by atoms with Crippen LogP contribution in [0.4, 0.5) is 0 Å². The highest BCUT2D eigenvalue weighted by molar-refractivity contribution is 9.10. The van der Waals surface area contributed by atoms with Gasteiger partial charge < -0.3 is 0 Å². The molecule has 0 saturated heterocycles. The summed E-state index contributed by atoms with van der Waals surface area (Å²) in [7, 11) is 1.90. The molecule has 0 radical (unpaired) electrons. The molecule has 17 heavy (non-hydrogen) atoms. The maximum atomic E-state index is 5.66. The summed E-state index contributed by atoms with van der Waals surface area (Å²) in [5.74, 6) is 5.66. The van der Waals surface area contributed by atoms with Crippen molar-refractivity contribution in [3.8, 4) is 0 Å². The molecule has 0 fully saturated rings. The van der Waals surface area contributed by atoms with Gasteiger partial charge in [-0.2, -0.15) is 5.10 Å². The molecule has 0 amide bonds. The molecule has 0 spiro atoms. The molecule has 0 aliphatic rings. The van der Waals surface area contributed by atoms with Crippen molar-refractivity contribution in [2.45, 2.75) is 13.0 Å². The highest BCUT2D eigenvalue weighted by Gasteiger charge is 2.19. The van der Waals surface area contributed by atoms with Crippen molar-refractivity contribution in [2.24, 2.45) is 12.9 Å². The lowest BCUT2D eigenvalue weighted by molar-refractivity contribution is 0.573. The van der Waals surface area contributed by atoms with Crippen molar-refractivity contribution in [1.82, 2.24) is 15.2 Å². The quantitative estimate of drug-likeness (QED) is 0.673. The summed E-state index contributed by atoms with van der Waals surface area (Å²) in [6.45, 7) is 2.06. The SMILES string of the molecule is Cc1ccc(C(NN)c2c(Br)cnn2C)cc1. The van der Waals surface area contributed by atoms with Crippen LogP contribution >= 0.6 is 15.9 Å². The lowest BCUT2D eigenvalue weighted by Crippen LogP contribution is -2.30. The molecule has 5 heteroatoms. The van der Waals surface area contributed by atoms with Gasteiger partial charge in [-0.25, -0.2) is 5.43 Å². The third-order valence-corrected chi connectivity index (χ3v) is 3.40. The third kappa shape index (κ3) is 2.41. The number of halogens is 1. The fraction of sp³-hybridized carbons (Fsp3) is 0.250. The van der Waals surface area contributed by atoms with Gasteiger partial charge in [-0.3, -0.25) is 10.5 Å². The van der Waals surface area contributed by atoms with E-state index >= 15 is 0 Å². The highest BCUT2D eigenvalue weighted by atomic mass is 79.9. The first kappa shape index (κ1) is 12.3. The minimum Gasteiger partial charge on any atom is -0.271 e. The van der Waals surface area contributed by atoms with Gasteiger partial charge in [0.2, 0.25) is 0 Å². The Hall–Kier alpha value is -1.17. The average molecular weight is 295 g/mol. The number of hydrazine groups is 1. The second kappa shape index (κ2) is 5.00. The summed E-state index contributed by atoms with van der Waals surface area (Å²) in [6.07, 6.45) is 1.77. The number of aromatic nitrogens is 2. The van der Waals surface area contributed by atoms with E-state index in [0.717, 1.165) is 15.7 Å². The van der Waals surface area contributed by atoms with E-state index in [4.69, 9.17) is 5.84 Å². The van der Waals surface area contributed by atoms with Gasteiger partial charge in [0.1, 0.15) is 0 Å². The largest absolute Gasteiger partial charge is 0.271 e. The lowest BCUT2D eigenvalue weighted by atomic mass is 10.0. The molecule has 0 bridgehead atoms. The molecule has 3 N–H and O–H groups in total. The smallest absolute Gasteiger partial charge is 0.0889 e. The first-order valence-electron chi connectivity index (χ1n) is 5.33. The predicted octanol–water partition coefficient (Wildman–Crippen LogP) is 2.04. The maximum Gasteiger partial charge on any atom is 0.0889 e. The van der Waals surface area contributed by atoms with E-state index in [0.29, 0.717) is 0 Å². The van der Waals surface area contributed by atoms with Crippen molar-refractivity contribution >= 4 is 15.9 Å². The zero-order valence-electron chi connectivity index (χ0n) is 9.81. The molecule has 2 aromatic rings. The maximum absolute atomic E-state index is 5.66. The van der Waals surface area contributed by atoms with Gasteiger partial charge in [0, 0.05) is 7.05 Å². The van der Waals surface area contributed by atoms with Gasteiger partial charge in [0.25, 0.3) is 0 Å². The monoisotopic (exact) mass is 294 g/mol. The zero-order chi connectivity index (χ0) is 12.4. The van der Waals surface area contributed by atoms with Crippen LogP contribution in [0, 0.1) is 6.92 Å². The molecule has 90 valence electrons. The molecular weight excluding hydrogens is 280 g/mol. The van der Waals surface area contributed by atoms with Gasteiger partial charge in [0.05, 0.1) is 22.4 Å². The van der Waals surface area contributed by atoms with Crippen molar-refractivity contribution in [3.63, 3.8) is 0 Å². The Morgan fingerprint density at radius 3 is 2.47 bits per heavy atom. The lowest BCUT2D eigenvalue weighted by Gasteiger charge is -2.17. The fourth-order valence-corrected chi connectivity index (χ4v) is 2.41.